The van der Waals surface area contributed by atoms with E-state index in [2.05, 4.69) is 19.0 Å². The van der Waals surface area contributed by atoms with Crippen molar-refractivity contribution >= 4 is 51.6 Å². The van der Waals surface area contributed by atoms with E-state index in [4.69, 9.17) is 17.3 Å². The number of pyridine rings is 1. The summed E-state index contributed by atoms with van der Waals surface area (Å²) in [6.07, 6.45) is 1.74. The highest BCUT2D eigenvalue weighted by Crippen LogP contribution is 2.33. The van der Waals surface area contributed by atoms with Crippen molar-refractivity contribution in [1.82, 2.24) is 13.7 Å². The number of fused-ring (bicyclic) bond motifs is 1. The molecule has 0 saturated heterocycles. The quantitative estimate of drug-likeness (QED) is 0.757. The second-order valence-electron chi connectivity index (χ2n) is 4.13. The van der Waals surface area contributed by atoms with E-state index in [1.54, 1.807) is 12.3 Å². The third kappa shape index (κ3) is 2.20. The Morgan fingerprint density at radius 3 is 2.95 bits per heavy atom. The van der Waals surface area contributed by atoms with Crippen molar-refractivity contribution in [3.05, 3.63) is 35.0 Å². The van der Waals surface area contributed by atoms with Gasteiger partial charge in [-0.1, -0.05) is 11.6 Å². The first-order chi connectivity index (χ1) is 9.15. The maximum atomic E-state index is 6.20. The van der Waals surface area contributed by atoms with Gasteiger partial charge in [0.1, 0.15) is 11.0 Å². The summed E-state index contributed by atoms with van der Waals surface area (Å²) in [5.41, 5.74) is 9.70. The standard InChI is InChI=1S/C12H10ClN5S/c1-6-4-8(14)12(15-5-6)16-10-7(13)2-3-9-11(10)18-19-17-9/h2-5H,14H2,1H3,(H,15,16). The number of nitrogen functional groups attached to an aromatic ring is 1. The van der Waals surface area contributed by atoms with Gasteiger partial charge in [0, 0.05) is 6.20 Å². The number of hydrogen-bond acceptors (Lipinski definition) is 6. The number of nitrogens with two attached hydrogens (primary N) is 1. The smallest absolute Gasteiger partial charge is 0.153 e. The lowest BCUT2D eigenvalue weighted by molar-refractivity contribution is 1.26. The van der Waals surface area contributed by atoms with E-state index in [9.17, 15) is 0 Å². The number of aromatic nitrogens is 3. The summed E-state index contributed by atoms with van der Waals surface area (Å²) in [6.45, 7) is 1.94. The van der Waals surface area contributed by atoms with Gasteiger partial charge in [0.15, 0.2) is 5.82 Å². The second kappa shape index (κ2) is 4.64. The fourth-order valence-corrected chi connectivity index (χ4v) is 2.50. The lowest BCUT2D eigenvalue weighted by Gasteiger charge is -2.10. The number of halogens is 1. The Labute approximate surface area is 118 Å². The van der Waals surface area contributed by atoms with Gasteiger partial charge in [0.25, 0.3) is 0 Å². The monoisotopic (exact) mass is 291 g/mol. The van der Waals surface area contributed by atoms with Crippen LogP contribution in [0.5, 0.6) is 0 Å². The van der Waals surface area contributed by atoms with Crippen LogP contribution >= 0.6 is 23.3 Å². The Balaban J connectivity index is 2.10. The number of aryl methyl sites for hydroxylation is 1. The molecule has 0 fully saturated rings. The molecular weight excluding hydrogens is 282 g/mol. The van der Waals surface area contributed by atoms with E-state index < -0.39 is 0 Å². The summed E-state index contributed by atoms with van der Waals surface area (Å²) in [5, 5.41) is 3.69. The molecule has 0 atom stereocenters. The van der Waals surface area contributed by atoms with Crippen LogP contribution in [-0.4, -0.2) is 13.7 Å². The zero-order valence-corrected chi connectivity index (χ0v) is 11.6. The minimum Gasteiger partial charge on any atom is -0.396 e. The highest BCUT2D eigenvalue weighted by molar-refractivity contribution is 7.00. The van der Waals surface area contributed by atoms with Crippen LogP contribution in [0.3, 0.4) is 0 Å². The second-order valence-corrected chi connectivity index (χ2v) is 5.07. The molecule has 0 aliphatic carbocycles. The predicted molar refractivity (Wildman–Crippen MR) is 79.1 cm³/mol. The third-order valence-electron chi connectivity index (χ3n) is 2.67. The molecule has 0 saturated carbocycles. The first-order valence-electron chi connectivity index (χ1n) is 5.55. The van der Waals surface area contributed by atoms with E-state index in [1.807, 2.05) is 19.1 Å². The van der Waals surface area contributed by atoms with Gasteiger partial charge in [-0.25, -0.2) is 4.98 Å². The third-order valence-corrected chi connectivity index (χ3v) is 3.53. The molecule has 0 amide bonds. The van der Waals surface area contributed by atoms with Gasteiger partial charge in [-0.2, -0.15) is 8.75 Å². The van der Waals surface area contributed by atoms with Gasteiger partial charge < -0.3 is 11.1 Å². The van der Waals surface area contributed by atoms with Gasteiger partial charge >= 0.3 is 0 Å². The average molecular weight is 292 g/mol. The molecule has 3 aromatic rings. The first kappa shape index (κ1) is 12.1. The van der Waals surface area contributed by atoms with Crippen LogP contribution in [0.15, 0.2) is 24.4 Å². The number of rotatable bonds is 2. The molecular formula is C12H10ClN5S. The Kier molecular flexibility index (Phi) is 2.96. The Morgan fingerprint density at radius 2 is 2.16 bits per heavy atom. The fourth-order valence-electron chi connectivity index (χ4n) is 1.76. The summed E-state index contributed by atoms with van der Waals surface area (Å²) >= 11 is 7.34. The molecule has 0 bridgehead atoms. The van der Waals surface area contributed by atoms with Crippen LogP contribution in [0.1, 0.15) is 5.56 Å². The normalized spacial score (nSPS) is 10.8. The number of anilines is 3. The molecule has 2 heterocycles. The summed E-state index contributed by atoms with van der Waals surface area (Å²) in [6, 6.07) is 5.46. The molecule has 3 N–H and O–H groups in total. The molecule has 19 heavy (non-hydrogen) atoms. The molecule has 0 radical (unpaired) electrons. The van der Waals surface area contributed by atoms with Gasteiger partial charge in [-0.05, 0) is 30.7 Å². The highest BCUT2D eigenvalue weighted by Gasteiger charge is 2.12. The molecule has 3 rings (SSSR count). The topological polar surface area (TPSA) is 76.7 Å². The number of hydrogen-bond donors (Lipinski definition) is 2. The fraction of sp³-hybridized carbons (Fsp3) is 0.0833. The van der Waals surface area contributed by atoms with Gasteiger partial charge in [-0.15, -0.1) is 0 Å². The van der Waals surface area contributed by atoms with Crippen LogP contribution in [0.25, 0.3) is 11.0 Å². The largest absolute Gasteiger partial charge is 0.396 e. The van der Waals surface area contributed by atoms with Crippen molar-refractivity contribution in [3.8, 4) is 0 Å². The minimum atomic E-state index is 0.557. The number of nitrogens with one attached hydrogen (secondary N) is 1. The lowest BCUT2D eigenvalue weighted by atomic mass is 10.2. The maximum Gasteiger partial charge on any atom is 0.153 e. The predicted octanol–water partition coefficient (Wildman–Crippen LogP) is 3.37. The van der Waals surface area contributed by atoms with Crippen LogP contribution in [0.2, 0.25) is 5.02 Å². The SMILES string of the molecule is Cc1cnc(Nc2c(Cl)ccc3nsnc23)c(N)c1. The van der Waals surface area contributed by atoms with Crippen molar-refractivity contribution in [2.75, 3.05) is 11.1 Å². The van der Waals surface area contributed by atoms with Gasteiger partial charge in [-0.3, -0.25) is 0 Å². The van der Waals surface area contributed by atoms with Crippen molar-refractivity contribution in [3.63, 3.8) is 0 Å². The van der Waals surface area contributed by atoms with E-state index >= 15 is 0 Å². The van der Waals surface area contributed by atoms with E-state index in [-0.39, 0.29) is 0 Å². The molecule has 0 spiro atoms. The zero-order valence-electron chi connectivity index (χ0n) is 10.0. The average Bonchev–Trinajstić information content (AvgIpc) is 2.84. The van der Waals surface area contributed by atoms with Crippen LogP contribution in [0, 0.1) is 6.92 Å². The zero-order chi connectivity index (χ0) is 13.4. The molecule has 0 unspecified atom stereocenters. The lowest BCUT2D eigenvalue weighted by Crippen LogP contribution is -2.00. The van der Waals surface area contributed by atoms with Gasteiger partial charge in [0.05, 0.1) is 28.1 Å². The molecule has 1 aromatic carbocycles. The maximum absolute atomic E-state index is 6.20. The summed E-state index contributed by atoms with van der Waals surface area (Å²) < 4.78 is 8.42. The summed E-state index contributed by atoms with van der Waals surface area (Å²) in [7, 11) is 0. The first-order valence-corrected chi connectivity index (χ1v) is 6.66. The van der Waals surface area contributed by atoms with Gasteiger partial charge in [0.2, 0.25) is 0 Å². The van der Waals surface area contributed by atoms with Crippen molar-refractivity contribution in [1.29, 1.82) is 0 Å². The van der Waals surface area contributed by atoms with Crippen molar-refractivity contribution in [2.45, 2.75) is 6.92 Å². The Hall–Kier alpha value is -1.92. The Morgan fingerprint density at radius 1 is 1.32 bits per heavy atom. The van der Waals surface area contributed by atoms with Crippen LogP contribution in [-0.2, 0) is 0 Å². The van der Waals surface area contributed by atoms with Crippen molar-refractivity contribution in [2.24, 2.45) is 0 Å². The van der Waals surface area contributed by atoms with E-state index in [1.165, 1.54) is 0 Å². The molecule has 96 valence electrons. The van der Waals surface area contributed by atoms with E-state index in [0.29, 0.717) is 22.2 Å². The van der Waals surface area contributed by atoms with Crippen LogP contribution < -0.4 is 11.1 Å². The molecule has 7 heteroatoms. The minimum absolute atomic E-state index is 0.557. The summed E-state index contributed by atoms with van der Waals surface area (Å²) in [4.78, 5) is 4.27. The molecule has 0 aliphatic rings. The number of nitrogens with zero attached hydrogens (tertiary/aromatic N) is 3. The van der Waals surface area contributed by atoms with E-state index in [0.717, 1.165) is 28.3 Å². The van der Waals surface area contributed by atoms with Crippen LogP contribution in [0.4, 0.5) is 17.2 Å². The molecule has 5 nitrogen and oxygen atoms in total. The highest BCUT2D eigenvalue weighted by atomic mass is 35.5. The van der Waals surface area contributed by atoms with Crippen molar-refractivity contribution < 1.29 is 0 Å². The Bertz CT molecular complexity index is 755. The number of benzene rings is 1. The molecule has 0 aliphatic heterocycles. The molecule has 2 aromatic heterocycles. The summed E-state index contributed by atoms with van der Waals surface area (Å²) in [5.74, 6) is 0.563.